The first kappa shape index (κ1) is 55.6. The highest BCUT2D eigenvalue weighted by Gasteiger charge is 2.24. The minimum Gasteiger partial charge on any atom is -0.462 e. The Morgan fingerprint density at radius 2 is 0.897 bits per heavy atom. The number of allylic oxidation sites excluding steroid dienone is 10. The van der Waals surface area contributed by atoms with Gasteiger partial charge < -0.3 is 20.3 Å². The van der Waals surface area contributed by atoms with Gasteiger partial charge in [-0.05, 0) is 57.8 Å². The van der Waals surface area contributed by atoms with Crippen molar-refractivity contribution in [3.05, 3.63) is 60.8 Å². The number of esters is 1. The Morgan fingerprint density at radius 1 is 0.517 bits per heavy atom. The standard InChI is InChI=1S/C52H93NO5/c1-4-7-10-13-16-19-22-24-25-26-28-30-33-36-39-42-45-52(57)58-48(43-40-37-34-31-21-18-15-12-9-6-3)46-51(56)53-49(47-54)50(55)44-41-38-35-32-29-27-23-20-17-14-11-8-5-2/h7,10,16,19,24-25,28,30,36,39,48-50,54-55H,4-6,8-9,11-15,17-18,20-23,26-27,29,31-35,37-38,40-47H2,1-3H3,(H,53,56)/b10-7+,19-16+,25-24+,30-28+,39-36+. The third-order valence-electron chi connectivity index (χ3n) is 10.9. The van der Waals surface area contributed by atoms with E-state index < -0.39 is 18.2 Å². The van der Waals surface area contributed by atoms with Crippen molar-refractivity contribution in [3.8, 4) is 0 Å². The van der Waals surface area contributed by atoms with E-state index in [1.807, 2.05) is 6.08 Å². The zero-order valence-corrected chi connectivity index (χ0v) is 38.2. The highest BCUT2D eigenvalue weighted by atomic mass is 16.5. The number of ether oxygens (including phenoxy) is 1. The summed E-state index contributed by atoms with van der Waals surface area (Å²) in [7, 11) is 0. The quantitative estimate of drug-likeness (QED) is 0.0324. The van der Waals surface area contributed by atoms with Crippen molar-refractivity contribution < 1.29 is 24.5 Å². The first-order valence-corrected chi connectivity index (χ1v) is 24.5. The second-order valence-electron chi connectivity index (χ2n) is 16.5. The molecule has 0 saturated heterocycles. The number of carbonyl (C=O) groups is 2. The van der Waals surface area contributed by atoms with Crippen LogP contribution in [0, 0.1) is 0 Å². The smallest absolute Gasteiger partial charge is 0.306 e. The van der Waals surface area contributed by atoms with E-state index in [-0.39, 0.29) is 31.3 Å². The largest absolute Gasteiger partial charge is 0.462 e. The monoisotopic (exact) mass is 812 g/mol. The summed E-state index contributed by atoms with van der Waals surface area (Å²) in [5.41, 5.74) is 0. The molecular weight excluding hydrogens is 719 g/mol. The third-order valence-corrected chi connectivity index (χ3v) is 10.9. The van der Waals surface area contributed by atoms with Gasteiger partial charge in [0, 0.05) is 6.42 Å². The second kappa shape index (κ2) is 45.6. The summed E-state index contributed by atoms with van der Waals surface area (Å²) in [6.45, 7) is 6.34. The molecule has 0 aliphatic rings. The maximum absolute atomic E-state index is 13.1. The molecule has 0 heterocycles. The number of hydrogen-bond donors (Lipinski definition) is 3. The predicted octanol–water partition coefficient (Wildman–Crippen LogP) is 14.5. The predicted molar refractivity (Wildman–Crippen MR) is 250 cm³/mol. The molecule has 336 valence electrons. The Hall–Kier alpha value is -2.44. The summed E-state index contributed by atoms with van der Waals surface area (Å²) in [5, 5.41) is 23.7. The molecule has 0 fully saturated rings. The van der Waals surface area contributed by atoms with Crippen molar-refractivity contribution in [2.75, 3.05) is 6.61 Å². The fourth-order valence-electron chi connectivity index (χ4n) is 7.19. The Labute approximate surface area is 358 Å². The van der Waals surface area contributed by atoms with Gasteiger partial charge in [0.1, 0.15) is 6.10 Å². The average molecular weight is 812 g/mol. The fraction of sp³-hybridized carbons (Fsp3) is 0.769. The van der Waals surface area contributed by atoms with Gasteiger partial charge in [-0.15, -0.1) is 0 Å². The first-order valence-electron chi connectivity index (χ1n) is 24.5. The van der Waals surface area contributed by atoms with Gasteiger partial charge in [-0.1, -0.05) is 223 Å². The van der Waals surface area contributed by atoms with Crippen molar-refractivity contribution in [3.63, 3.8) is 0 Å². The molecule has 6 heteroatoms. The molecule has 0 aromatic heterocycles. The lowest BCUT2D eigenvalue weighted by atomic mass is 10.0. The van der Waals surface area contributed by atoms with Crippen LogP contribution in [-0.2, 0) is 14.3 Å². The van der Waals surface area contributed by atoms with Crippen LogP contribution in [0.5, 0.6) is 0 Å². The van der Waals surface area contributed by atoms with Crippen LogP contribution in [-0.4, -0.2) is 46.9 Å². The molecule has 58 heavy (non-hydrogen) atoms. The summed E-state index contributed by atoms with van der Waals surface area (Å²) in [5.74, 6) is -0.571. The van der Waals surface area contributed by atoms with Gasteiger partial charge >= 0.3 is 5.97 Å². The minimum atomic E-state index is -0.798. The van der Waals surface area contributed by atoms with E-state index in [9.17, 15) is 19.8 Å². The van der Waals surface area contributed by atoms with Gasteiger partial charge in [0.25, 0.3) is 0 Å². The molecule has 0 rings (SSSR count). The van der Waals surface area contributed by atoms with E-state index >= 15 is 0 Å². The van der Waals surface area contributed by atoms with Crippen molar-refractivity contribution in [2.45, 2.75) is 251 Å². The van der Waals surface area contributed by atoms with Crippen LogP contribution in [0.4, 0.5) is 0 Å². The van der Waals surface area contributed by atoms with Crippen LogP contribution in [0.1, 0.15) is 233 Å². The minimum absolute atomic E-state index is 0.0484. The van der Waals surface area contributed by atoms with E-state index in [0.29, 0.717) is 19.3 Å². The highest BCUT2D eigenvalue weighted by molar-refractivity contribution is 5.77. The molecule has 6 nitrogen and oxygen atoms in total. The van der Waals surface area contributed by atoms with Crippen LogP contribution in [0.15, 0.2) is 60.8 Å². The number of unbranched alkanes of at least 4 members (excludes halogenated alkanes) is 21. The average Bonchev–Trinajstić information content (AvgIpc) is 3.22. The summed E-state index contributed by atoms with van der Waals surface area (Å²) in [6, 6.07) is -0.714. The molecule has 0 saturated carbocycles. The number of nitrogens with one attached hydrogen (secondary N) is 1. The Morgan fingerprint density at radius 3 is 1.31 bits per heavy atom. The van der Waals surface area contributed by atoms with E-state index in [4.69, 9.17) is 4.74 Å². The van der Waals surface area contributed by atoms with E-state index in [1.165, 1.54) is 109 Å². The number of amides is 1. The molecular formula is C52H93NO5. The van der Waals surface area contributed by atoms with Gasteiger partial charge in [0.15, 0.2) is 0 Å². The van der Waals surface area contributed by atoms with Crippen molar-refractivity contribution in [1.29, 1.82) is 0 Å². The van der Waals surface area contributed by atoms with E-state index in [1.54, 1.807) is 0 Å². The third kappa shape index (κ3) is 40.3. The second-order valence-corrected chi connectivity index (χ2v) is 16.5. The molecule has 3 atom stereocenters. The van der Waals surface area contributed by atoms with Crippen molar-refractivity contribution >= 4 is 11.9 Å². The Kier molecular flexibility index (Phi) is 43.7. The highest BCUT2D eigenvalue weighted by Crippen LogP contribution is 2.17. The zero-order chi connectivity index (χ0) is 42.4. The number of carbonyl (C=O) groups excluding carboxylic acids is 2. The van der Waals surface area contributed by atoms with Gasteiger partial charge in [-0.2, -0.15) is 0 Å². The molecule has 0 aliphatic carbocycles. The summed E-state index contributed by atoms with van der Waals surface area (Å²) in [4.78, 5) is 26.0. The number of aliphatic hydroxyl groups is 2. The van der Waals surface area contributed by atoms with Crippen LogP contribution in [0.25, 0.3) is 0 Å². The molecule has 0 radical (unpaired) electrons. The van der Waals surface area contributed by atoms with Crippen LogP contribution < -0.4 is 5.32 Å². The van der Waals surface area contributed by atoms with Crippen LogP contribution >= 0.6 is 0 Å². The maximum Gasteiger partial charge on any atom is 0.306 e. The number of aliphatic hydroxyl groups excluding tert-OH is 2. The molecule has 0 spiro atoms. The van der Waals surface area contributed by atoms with E-state index in [0.717, 1.165) is 70.6 Å². The molecule has 0 bridgehead atoms. The summed E-state index contributed by atoms with van der Waals surface area (Å²) >= 11 is 0. The van der Waals surface area contributed by atoms with Gasteiger partial charge in [-0.3, -0.25) is 9.59 Å². The lowest BCUT2D eigenvalue weighted by Gasteiger charge is -2.24. The van der Waals surface area contributed by atoms with Crippen LogP contribution in [0.2, 0.25) is 0 Å². The number of hydrogen-bond acceptors (Lipinski definition) is 5. The fourth-order valence-corrected chi connectivity index (χ4v) is 7.19. The van der Waals surface area contributed by atoms with Gasteiger partial charge in [-0.25, -0.2) is 0 Å². The summed E-state index contributed by atoms with van der Waals surface area (Å²) in [6.07, 6.45) is 55.7. The molecule has 1 amide bonds. The topological polar surface area (TPSA) is 95.9 Å². The van der Waals surface area contributed by atoms with E-state index in [2.05, 4.69) is 80.8 Å². The number of rotatable bonds is 43. The molecule has 3 unspecified atom stereocenters. The lowest BCUT2D eigenvalue weighted by Crippen LogP contribution is -2.46. The maximum atomic E-state index is 13.1. The summed E-state index contributed by atoms with van der Waals surface area (Å²) < 4.78 is 5.87. The normalized spacial score (nSPS) is 13.8. The van der Waals surface area contributed by atoms with Crippen LogP contribution in [0.3, 0.4) is 0 Å². The zero-order valence-electron chi connectivity index (χ0n) is 38.2. The van der Waals surface area contributed by atoms with Crippen molar-refractivity contribution in [1.82, 2.24) is 5.32 Å². The molecule has 0 aromatic rings. The van der Waals surface area contributed by atoms with Crippen molar-refractivity contribution in [2.24, 2.45) is 0 Å². The first-order chi connectivity index (χ1) is 28.5. The Balaban J connectivity index is 4.63. The lowest BCUT2D eigenvalue weighted by molar-refractivity contribution is -0.150. The van der Waals surface area contributed by atoms with Gasteiger partial charge in [0.05, 0.1) is 25.2 Å². The molecule has 0 aliphatic heterocycles. The molecule has 3 N–H and O–H groups in total. The Bertz CT molecular complexity index is 1050. The van der Waals surface area contributed by atoms with Gasteiger partial charge in [0.2, 0.25) is 5.91 Å². The SMILES string of the molecule is CC/C=C/C/C=C/C/C=C/C/C=C/C/C=C/CCC(=O)OC(CCCCCCCCCCCC)CC(=O)NC(CO)C(O)CCCCCCCCCCCCCCC. The molecule has 0 aromatic carbocycles.